The van der Waals surface area contributed by atoms with Gasteiger partial charge in [-0.1, -0.05) is 35.0 Å². The average molecular weight is 304 g/mol. The van der Waals surface area contributed by atoms with Crippen LogP contribution in [-0.4, -0.2) is 10.1 Å². The van der Waals surface area contributed by atoms with E-state index in [1.807, 2.05) is 0 Å². The molecule has 0 fully saturated rings. The third kappa shape index (κ3) is 2.87. The van der Waals surface area contributed by atoms with Crippen LogP contribution in [0.4, 0.5) is 10.1 Å². The fourth-order valence-electron chi connectivity index (χ4n) is 1.92. The Morgan fingerprint density at radius 1 is 1.19 bits per heavy atom. The van der Waals surface area contributed by atoms with Crippen molar-refractivity contribution in [2.45, 2.75) is 6.42 Å². The lowest BCUT2D eigenvalue weighted by atomic mass is 10.1. The summed E-state index contributed by atoms with van der Waals surface area (Å²) < 4.78 is 18.8. The number of benzene rings is 2. The Balaban J connectivity index is 1.86. The Hall–Kier alpha value is -2.40. The maximum atomic E-state index is 13.6. The zero-order chi connectivity index (χ0) is 14.8. The maximum Gasteiger partial charge on any atom is 0.257 e. The number of hydrogen-bond acceptors (Lipinski definition) is 4. The predicted molar refractivity (Wildman–Crippen MR) is 78.4 cm³/mol. The van der Waals surface area contributed by atoms with Gasteiger partial charge in [-0.15, -0.1) is 0 Å². The number of halogens is 2. The largest absolute Gasteiger partial charge is 0.398 e. The Morgan fingerprint density at radius 2 is 2.00 bits per heavy atom. The van der Waals surface area contributed by atoms with Gasteiger partial charge in [0, 0.05) is 12.0 Å². The zero-order valence-corrected chi connectivity index (χ0v) is 11.6. The van der Waals surface area contributed by atoms with E-state index in [0.717, 1.165) is 0 Å². The lowest BCUT2D eigenvalue weighted by molar-refractivity contribution is 0.423. The predicted octanol–water partition coefficient (Wildman–Crippen LogP) is 3.70. The molecule has 21 heavy (non-hydrogen) atoms. The molecule has 106 valence electrons. The molecule has 0 unspecified atom stereocenters. The van der Waals surface area contributed by atoms with Crippen LogP contribution in [0, 0.1) is 5.82 Å². The fraction of sp³-hybridized carbons (Fsp3) is 0.0667. The first kappa shape index (κ1) is 13.6. The van der Waals surface area contributed by atoms with E-state index in [1.165, 1.54) is 6.07 Å². The van der Waals surface area contributed by atoms with Crippen molar-refractivity contribution in [2.24, 2.45) is 0 Å². The molecule has 0 bridgehead atoms. The van der Waals surface area contributed by atoms with Gasteiger partial charge in [0.25, 0.3) is 5.89 Å². The summed E-state index contributed by atoms with van der Waals surface area (Å²) >= 11 is 5.96. The Kier molecular flexibility index (Phi) is 3.58. The van der Waals surface area contributed by atoms with Gasteiger partial charge >= 0.3 is 0 Å². The van der Waals surface area contributed by atoms with Crippen LogP contribution in [0.2, 0.25) is 5.02 Å². The first-order valence-electron chi connectivity index (χ1n) is 6.25. The number of hydrogen-bond donors (Lipinski definition) is 1. The Bertz CT molecular complexity index is 788. The normalized spacial score (nSPS) is 10.8. The van der Waals surface area contributed by atoms with Gasteiger partial charge in [0.15, 0.2) is 5.82 Å². The molecule has 3 aromatic rings. The second-order valence-electron chi connectivity index (χ2n) is 4.52. The highest BCUT2D eigenvalue weighted by Crippen LogP contribution is 2.26. The lowest BCUT2D eigenvalue weighted by Crippen LogP contribution is -1.94. The van der Waals surface area contributed by atoms with Crippen molar-refractivity contribution in [3.05, 3.63) is 64.7 Å². The molecule has 0 saturated carbocycles. The molecule has 2 N–H and O–H groups in total. The molecular formula is C15H11ClFN3O. The van der Waals surface area contributed by atoms with Gasteiger partial charge in [-0.25, -0.2) is 4.39 Å². The van der Waals surface area contributed by atoms with Crippen molar-refractivity contribution < 1.29 is 8.91 Å². The molecule has 0 saturated heterocycles. The van der Waals surface area contributed by atoms with Crippen LogP contribution in [-0.2, 0) is 6.42 Å². The van der Waals surface area contributed by atoms with E-state index < -0.39 is 0 Å². The molecule has 0 amide bonds. The van der Waals surface area contributed by atoms with E-state index >= 15 is 0 Å². The number of nitrogens with two attached hydrogens (primary N) is 1. The highest BCUT2D eigenvalue weighted by atomic mass is 35.5. The summed E-state index contributed by atoms with van der Waals surface area (Å²) in [6, 6.07) is 11.5. The molecule has 0 aliphatic rings. The van der Waals surface area contributed by atoms with E-state index in [9.17, 15) is 4.39 Å². The first-order valence-corrected chi connectivity index (χ1v) is 6.62. The van der Waals surface area contributed by atoms with E-state index in [4.69, 9.17) is 21.9 Å². The van der Waals surface area contributed by atoms with Crippen molar-refractivity contribution in [2.75, 3.05) is 5.73 Å². The highest BCUT2D eigenvalue weighted by molar-refractivity contribution is 6.33. The Labute approximate surface area is 125 Å². The molecule has 1 heterocycles. The van der Waals surface area contributed by atoms with E-state index in [0.29, 0.717) is 33.6 Å². The minimum atomic E-state index is -0.292. The smallest absolute Gasteiger partial charge is 0.257 e. The van der Waals surface area contributed by atoms with Crippen LogP contribution >= 0.6 is 11.6 Å². The number of nitrogen functional groups attached to an aromatic ring is 1. The van der Waals surface area contributed by atoms with Crippen LogP contribution in [0.1, 0.15) is 11.4 Å². The highest BCUT2D eigenvalue weighted by Gasteiger charge is 2.12. The minimum Gasteiger partial charge on any atom is -0.398 e. The third-order valence-electron chi connectivity index (χ3n) is 3.02. The van der Waals surface area contributed by atoms with Crippen molar-refractivity contribution in [1.82, 2.24) is 10.1 Å². The molecule has 2 aromatic carbocycles. The number of aromatic nitrogens is 2. The number of anilines is 1. The van der Waals surface area contributed by atoms with Crippen molar-refractivity contribution in [1.29, 1.82) is 0 Å². The first-order chi connectivity index (χ1) is 10.1. The molecule has 1 aromatic heterocycles. The van der Waals surface area contributed by atoms with Crippen molar-refractivity contribution >= 4 is 17.3 Å². The van der Waals surface area contributed by atoms with Gasteiger partial charge < -0.3 is 10.3 Å². The average Bonchev–Trinajstić information content (AvgIpc) is 2.93. The molecular weight excluding hydrogens is 293 g/mol. The topological polar surface area (TPSA) is 64.9 Å². The summed E-state index contributed by atoms with van der Waals surface area (Å²) in [5, 5.41) is 4.27. The monoisotopic (exact) mass is 303 g/mol. The summed E-state index contributed by atoms with van der Waals surface area (Å²) in [4.78, 5) is 4.24. The standard InChI is InChI=1S/C15H11ClFN3O/c16-11-7-10(5-6-13(11)18)15-19-14(20-21-15)8-9-3-1-2-4-12(9)17/h1-7H,8,18H2. The van der Waals surface area contributed by atoms with Gasteiger partial charge in [0.2, 0.25) is 0 Å². The summed E-state index contributed by atoms with van der Waals surface area (Å²) in [7, 11) is 0. The minimum absolute atomic E-state index is 0.263. The van der Waals surface area contributed by atoms with Crippen molar-refractivity contribution in [3.8, 4) is 11.5 Å². The summed E-state index contributed by atoms with van der Waals surface area (Å²) in [5.74, 6) is 0.436. The molecule has 3 rings (SSSR count). The molecule has 0 spiro atoms. The summed E-state index contributed by atoms with van der Waals surface area (Å²) in [6.07, 6.45) is 0.263. The number of nitrogens with zero attached hydrogens (tertiary/aromatic N) is 2. The van der Waals surface area contributed by atoms with Gasteiger partial charge in [0.1, 0.15) is 5.82 Å². The zero-order valence-electron chi connectivity index (χ0n) is 10.9. The van der Waals surface area contributed by atoms with Crippen LogP contribution < -0.4 is 5.73 Å². The summed E-state index contributed by atoms with van der Waals surface area (Å²) in [6.45, 7) is 0. The second kappa shape index (κ2) is 5.54. The van der Waals surface area contributed by atoms with Gasteiger partial charge in [0.05, 0.1) is 10.7 Å². The summed E-state index contributed by atoms with van der Waals surface area (Å²) in [5.41, 5.74) is 7.31. The van der Waals surface area contributed by atoms with Crippen molar-refractivity contribution in [3.63, 3.8) is 0 Å². The second-order valence-corrected chi connectivity index (χ2v) is 4.93. The number of rotatable bonds is 3. The maximum absolute atomic E-state index is 13.6. The van der Waals surface area contributed by atoms with Gasteiger partial charge in [-0.3, -0.25) is 0 Å². The van der Waals surface area contributed by atoms with E-state index in [1.54, 1.807) is 36.4 Å². The quantitative estimate of drug-likeness (QED) is 0.749. The van der Waals surface area contributed by atoms with Gasteiger partial charge in [-0.05, 0) is 29.8 Å². The molecule has 0 aliphatic heterocycles. The SMILES string of the molecule is Nc1ccc(-c2nc(Cc3ccccc3F)no2)cc1Cl. The molecule has 4 nitrogen and oxygen atoms in total. The molecule has 0 aliphatic carbocycles. The van der Waals surface area contributed by atoms with Crippen LogP contribution in [0.3, 0.4) is 0 Å². The molecule has 0 radical (unpaired) electrons. The van der Waals surface area contributed by atoms with Crippen LogP contribution in [0.25, 0.3) is 11.5 Å². The third-order valence-corrected chi connectivity index (χ3v) is 3.35. The van der Waals surface area contributed by atoms with E-state index in [-0.39, 0.29) is 12.2 Å². The van der Waals surface area contributed by atoms with E-state index in [2.05, 4.69) is 10.1 Å². The molecule has 6 heteroatoms. The van der Waals surface area contributed by atoms with Gasteiger partial charge in [-0.2, -0.15) is 4.98 Å². The molecule has 0 atom stereocenters. The fourth-order valence-corrected chi connectivity index (χ4v) is 2.10. The van der Waals surface area contributed by atoms with Crippen LogP contribution in [0.15, 0.2) is 47.0 Å². The Morgan fingerprint density at radius 3 is 2.76 bits per heavy atom. The van der Waals surface area contributed by atoms with Crippen LogP contribution in [0.5, 0.6) is 0 Å². The lowest BCUT2D eigenvalue weighted by Gasteiger charge is -1.99.